The molecule has 1 aliphatic carbocycles. The molecule has 0 heterocycles. The molecular weight excluding hydrogens is 929 g/mol. The van der Waals surface area contributed by atoms with E-state index in [9.17, 15) is 0 Å². The summed E-state index contributed by atoms with van der Waals surface area (Å²) in [5.41, 5.74) is 23.1. The van der Waals surface area contributed by atoms with Crippen molar-refractivity contribution in [2.24, 2.45) is 15.4 Å². The molecule has 9 aromatic rings. The molecule has 10 rings (SSSR count). The maximum Gasteiger partial charge on any atom is 0.159 e. The van der Waals surface area contributed by atoms with Crippen molar-refractivity contribution < 1.29 is 0 Å². The molecule has 0 unspecified atom stereocenters. The Kier molecular flexibility index (Phi) is 14.4. The van der Waals surface area contributed by atoms with Crippen molar-refractivity contribution >= 4 is 22.8 Å². The van der Waals surface area contributed by atoms with Crippen LogP contribution in [0.25, 0.3) is 78.0 Å². The zero-order valence-electron chi connectivity index (χ0n) is 45.9. The summed E-state index contributed by atoms with van der Waals surface area (Å²) in [6, 6.07) is 80.3. The maximum absolute atomic E-state index is 5.41. The van der Waals surface area contributed by atoms with Crippen molar-refractivity contribution in [2.75, 3.05) is 0 Å². The van der Waals surface area contributed by atoms with Crippen molar-refractivity contribution in [3.05, 3.63) is 289 Å². The van der Waals surface area contributed by atoms with Crippen molar-refractivity contribution in [1.29, 1.82) is 0 Å². The van der Waals surface area contributed by atoms with Crippen LogP contribution in [0.1, 0.15) is 83.2 Å². The van der Waals surface area contributed by atoms with Crippen LogP contribution < -0.4 is 0 Å². The van der Waals surface area contributed by atoms with Gasteiger partial charge in [0, 0.05) is 16.8 Å². The molecule has 0 N–H and O–H groups in total. The Bertz CT molecular complexity index is 3670. The summed E-state index contributed by atoms with van der Waals surface area (Å²) < 4.78 is 0. The van der Waals surface area contributed by atoms with E-state index in [-0.39, 0.29) is 16.2 Å². The molecule has 2 nitrogen and oxygen atoms in total. The molecule has 0 spiro atoms. The van der Waals surface area contributed by atoms with Crippen LogP contribution in [0.5, 0.6) is 0 Å². The number of allylic oxidation sites excluding steroid dienone is 3. The lowest BCUT2D eigenvalue weighted by Gasteiger charge is -2.44. The Balaban J connectivity index is 1.06. The molecule has 0 fully saturated rings. The second-order valence-electron chi connectivity index (χ2n) is 22.1. The Labute approximate surface area is 458 Å². The fourth-order valence-electron chi connectivity index (χ4n) is 11.0. The lowest BCUT2D eigenvalue weighted by atomic mass is 9.59. The highest BCUT2D eigenvalue weighted by Crippen LogP contribution is 2.61. The average molecular weight is 997 g/mol. The summed E-state index contributed by atoms with van der Waals surface area (Å²) in [6.45, 7) is 27.6. The minimum atomic E-state index is -0.00493. The highest BCUT2D eigenvalue weighted by Gasteiger charge is 2.56. The monoisotopic (exact) mass is 997 g/mol. The van der Waals surface area contributed by atoms with E-state index >= 15 is 0 Å². The van der Waals surface area contributed by atoms with E-state index in [1.54, 1.807) is 0 Å². The molecule has 0 saturated carbocycles. The first-order chi connectivity index (χ1) is 37.1. The zero-order chi connectivity index (χ0) is 53.9. The fourth-order valence-corrected chi connectivity index (χ4v) is 11.0. The number of amidine groups is 1. The Morgan fingerprint density at radius 2 is 0.753 bits per heavy atom. The number of hydrogen-bond donors (Lipinski definition) is 0. The van der Waals surface area contributed by atoms with Gasteiger partial charge in [0.2, 0.25) is 0 Å². The van der Waals surface area contributed by atoms with Crippen LogP contribution >= 0.6 is 0 Å². The van der Waals surface area contributed by atoms with Crippen molar-refractivity contribution in [3.8, 4) is 66.8 Å². The third-order valence-electron chi connectivity index (χ3n) is 16.9. The van der Waals surface area contributed by atoms with Crippen LogP contribution in [0.3, 0.4) is 0 Å². The molecule has 77 heavy (non-hydrogen) atoms. The predicted octanol–water partition coefficient (Wildman–Crippen LogP) is 20.4. The first-order valence-electron chi connectivity index (χ1n) is 26.8. The minimum Gasteiger partial charge on any atom is -0.233 e. The van der Waals surface area contributed by atoms with Crippen molar-refractivity contribution in [1.82, 2.24) is 0 Å². The van der Waals surface area contributed by atoms with Crippen LogP contribution in [0, 0.1) is 5.41 Å². The highest BCUT2D eigenvalue weighted by molar-refractivity contribution is 6.14. The normalized spacial score (nSPS) is 15.0. The summed E-state index contributed by atoms with van der Waals surface area (Å²) in [5, 5.41) is 0. The summed E-state index contributed by atoms with van der Waals surface area (Å²) >= 11 is 0. The SMILES string of the molecule is C=C/C(=C\C=C(/C)c1ccc2c(c1)C(C)(C)C(C)(C)C2(C)C)C(=NC(=C)c1cccc(-c2cc(-c3ccccc3)cc(-c3ccccc3)c2)c1)N=C(C)c1cccc(-c2cc(-c3ccccc3)cc(-c3ccccc3)c2)c1. The predicted molar refractivity (Wildman–Crippen MR) is 332 cm³/mol. The minimum absolute atomic E-state index is 0.00493. The number of rotatable bonds is 13. The van der Waals surface area contributed by atoms with Gasteiger partial charge in [0.05, 0.1) is 5.70 Å². The maximum atomic E-state index is 5.41. The third-order valence-corrected chi connectivity index (χ3v) is 16.9. The largest absolute Gasteiger partial charge is 0.233 e. The Hall–Kier alpha value is -8.72. The number of nitrogens with zero attached hydrogens (tertiary/aromatic N) is 2. The quantitative estimate of drug-likeness (QED) is 0.0625. The summed E-state index contributed by atoms with van der Waals surface area (Å²) in [7, 11) is 0. The molecule has 9 aromatic carbocycles. The lowest BCUT2D eigenvalue weighted by molar-refractivity contribution is 0.125. The second-order valence-corrected chi connectivity index (χ2v) is 22.1. The smallest absolute Gasteiger partial charge is 0.159 e. The Morgan fingerprint density at radius 1 is 0.364 bits per heavy atom. The van der Waals surface area contributed by atoms with Gasteiger partial charge in [-0.25, -0.2) is 9.98 Å². The molecule has 0 aliphatic heterocycles. The van der Waals surface area contributed by atoms with Gasteiger partial charge < -0.3 is 0 Å². The second kappa shape index (κ2) is 21.5. The van der Waals surface area contributed by atoms with E-state index in [1.807, 2.05) is 6.08 Å². The van der Waals surface area contributed by atoms with Gasteiger partial charge in [-0.1, -0.05) is 249 Å². The molecule has 0 radical (unpaired) electrons. The van der Waals surface area contributed by atoms with Crippen LogP contribution in [0.15, 0.2) is 271 Å². The molecule has 0 atom stereocenters. The van der Waals surface area contributed by atoms with Gasteiger partial charge in [-0.05, 0) is 173 Å². The molecule has 2 heteroatoms. The van der Waals surface area contributed by atoms with E-state index in [0.717, 1.165) is 72.5 Å². The molecule has 0 bridgehead atoms. The van der Waals surface area contributed by atoms with Gasteiger partial charge in [0.25, 0.3) is 0 Å². The molecule has 0 amide bonds. The standard InChI is InChI=1S/C75H68N2/c1-11-54(39-38-51(2)59-40-41-70-71(50-59)74(7,8)75(9,10)73(70,5)6)72(76-52(3)60-34-24-36-62(42-60)68-46-64(55-26-16-12-17-27-55)44-65(47-68)56-28-18-13-19-29-56)77-53(4)61-35-25-37-63(43-61)69-48-66(57-30-20-14-21-31-57)45-67(49-69)58-32-22-15-23-33-58/h11-50H,1,3H2,2,4-10H3/b51-38+,54-39+,76-72?,77-53?. The zero-order valence-corrected chi connectivity index (χ0v) is 45.9. The molecule has 0 saturated heterocycles. The first-order valence-corrected chi connectivity index (χ1v) is 26.8. The first kappa shape index (κ1) is 51.8. The van der Waals surface area contributed by atoms with Crippen LogP contribution in [0.4, 0.5) is 0 Å². The summed E-state index contributed by atoms with van der Waals surface area (Å²) in [6.07, 6.45) is 6.14. The third kappa shape index (κ3) is 10.5. The van der Waals surface area contributed by atoms with E-state index in [1.165, 1.54) is 38.9 Å². The van der Waals surface area contributed by atoms with Gasteiger partial charge in [-0.2, -0.15) is 0 Å². The van der Waals surface area contributed by atoms with E-state index in [4.69, 9.17) is 9.98 Å². The fraction of sp³-hybridized carbons (Fsp3) is 0.147. The van der Waals surface area contributed by atoms with E-state index < -0.39 is 0 Å². The lowest BCUT2D eigenvalue weighted by Crippen LogP contribution is -2.42. The summed E-state index contributed by atoms with van der Waals surface area (Å²) in [4.78, 5) is 10.7. The number of hydrogen-bond acceptors (Lipinski definition) is 1. The van der Waals surface area contributed by atoms with E-state index in [0.29, 0.717) is 11.5 Å². The number of fused-ring (bicyclic) bond motifs is 1. The average Bonchev–Trinajstić information content (AvgIpc) is 3.72. The van der Waals surface area contributed by atoms with Gasteiger partial charge >= 0.3 is 0 Å². The molecule has 378 valence electrons. The van der Waals surface area contributed by atoms with Gasteiger partial charge in [-0.3, -0.25) is 0 Å². The Morgan fingerprint density at radius 3 is 1.19 bits per heavy atom. The van der Waals surface area contributed by atoms with Crippen LogP contribution in [-0.2, 0) is 10.8 Å². The van der Waals surface area contributed by atoms with E-state index in [2.05, 4.69) is 305 Å². The number of aliphatic imine (C=N–C) groups is 2. The summed E-state index contributed by atoms with van der Waals surface area (Å²) in [5.74, 6) is 0.524. The van der Waals surface area contributed by atoms with Gasteiger partial charge in [-0.15, -0.1) is 0 Å². The highest BCUT2D eigenvalue weighted by atomic mass is 14.9. The van der Waals surface area contributed by atoms with Crippen molar-refractivity contribution in [2.45, 2.75) is 66.2 Å². The van der Waals surface area contributed by atoms with Gasteiger partial charge in [0.15, 0.2) is 5.84 Å². The topological polar surface area (TPSA) is 24.7 Å². The van der Waals surface area contributed by atoms with Crippen molar-refractivity contribution in [3.63, 3.8) is 0 Å². The molecule has 1 aliphatic rings. The number of benzene rings is 9. The van der Waals surface area contributed by atoms with Crippen LogP contribution in [0.2, 0.25) is 0 Å². The molecule has 0 aromatic heterocycles. The van der Waals surface area contributed by atoms with Crippen LogP contribution in [-0.4, -0.2) is 11.5 Å². The van der Waals surface area contributed by atoms with Gasteiger partial charge in [0.1, 0.15) is 0 Å². The molecular formula is C75H68N2.